The first-order chi connectivity index (χ1) is 7.00. The fourth-order valence-electron chi connectivity index (χ4n) is 1.40. The Morgan fingerprint density at radius 3 is 0.929 bits per heavy atom. The highest BCUT2D eigenvalue weighted by molar-refractivity contribution is 4.98. The molecule has 0 aromatic heterocycles. The molecule has 0 atom stereocenters. The minimum atomic E-state index is 1.09. The largest absolute Gasteiger partial charge is 0.0879 e. The van der Waals surface area contributed by atoms with Gasteiger partial charge in [0.25, 0.3) is 0 Å². The predicted molar refractivity (Wildman–Crippen MR) is 64.3 cm³/mol. The van der Waals surface area contributed by atoms with Crippen LogP contribution in [0.25, 0.3) is 0 Å². The molecule has 0 heterocycles. The molecular weight excluding hydrogens is 168 g/mol. The van der Waals surface area contributed by atoms with Gasteiger partial charge >= 0.3 is 0 Å². The summed E-state index contributed by atoms with van der Waals surface area (Å²) in [5, 5.41) is 0. The third kappa shape index (κ3) is 6.47. The van der Waals surface area contributed by atoms with E-state index in [0.717, 1.165) is 12.8 Å². The van der Waals surface area contributed by atoms with Crippen molar-refractivity contribution in [2.24, 2.45) is 0 Å². The lowest BCUT2D eigenvalue weighted by Gasteiger charge is -1.90. The molecule has 1 aliphatic rings. The summed E-state index contributed by atoms with van der Waals surface area (Å²) in [5.41, 5.74) is 0. The van der Waals surface area contributed by atoms with E-state index >= 15 is 0 Å². The van der Waals surface area contributed by atoms with Crippen molar-refractivity contribution in [1.29, 1.82) is 0 Å². The monoisotopic (exact) mass is 188 g/mol. The molecule has 0 unspecified atom stereocenters. The molecule has 1 rings (SSSR count). The smallest absolute Gasteiger partial charge is 0.0169 e. The molecule has 0 nitrogen and oxygen atoms in total. The first-order valence-electron chi connectivity index (χ1n) is 5.60. The maximum atomic E-state index is 2.27. The van der Waals surface area contributed by atoms with E-state index in [4.69, 9.17) is 0 Å². The first-order valence-corrected chi connectivity index (χ1v) is 5.60. The van der Waals surface area contributed by atoms with Crippen molar-refractivity contribution in [1.82, 2.24) is 0 Å². The quantitative estimate of drug-likeness (QED) is 0.489. The Morgan fingerprint density at radius 2 is 0.643 bits per heavy atom. The summed E-state index contributed by atoms with van der Waals surface area (Å²) in [7, 11) is 0. The molecule has 0 aliphatic heterocycles. The average Bonchev–Trinajstić information content (AvgIpc) is 2.22. The molecule has 76 valence electrons. The molecule has 0 aromatic rings. The van der Waals surface area contributed by atoms with Gasteiger partial charge in [-0.3, -0.25) is 0 Å². The zero-order chi connectivity index (χ0) is 9.90. The highest BCUT2D eigenvalue weighted by atomic mass is 13.9. The van der Waals surface area contributed by atoms with Crippen LogP contribution in [0, 0.1) is 0 Å². The van der Waals surface area contributed by atoms with E-state index in [1.807, 2.05) is 0 Å². The lowest BCUT2D eigenvalue weighted by molar-refractivity contribution is 1.02. The summed E-state index contributed by atoms with van der Waals surface area (Å²) in [6.07, 6.45) is 25.0. The molecule has 0 fully saturated rings. The molecular formula is C14H20. The van der Waals surface area contributed by atoms with E-state index in [2.05, 4.69) is 48.6 Å². The van der Waals surface area contributed by atoms with Gasteiger partial charge < -0.3 is 0 Å². The van der Waals surface area contributed by atoms with Gasteiger partial charge in [-0.05, 0) is 38.5 Å². The van der Waals surface area contributed by atoms with Crippen molar-refractivity contribution in [3.05, 3.63) is 48.6 Å². The molecule has 0 radical (unpaired) electrons. The fourth-order valence-corrected chi connectivity index (χ4v) is 1.40. The average molecular weight is 188 g/mol. The van der Waals surface area contributed by atoms with Crippen LogP contribution in [0.1, 0.15) is 38.5 Å². The van der Waals surface area contributed by atoms with Crippen LogP contribution in [0.3, 0.4) is 0 Å². The molecule has 0 bridgehead atoms. The molecule has 0 saturated carbocycles. The highest BCUT2D eigenvalue weighted by Gasteiger charge is 1.80. The molecule has 0 aromatic carbocycles. The molecule has 1 aliphatic carbocycles. The second kappa shape index (κ2) is 8.55. The molecule has 0 heteroatoms. The molecule has 0 spiro atoms. The third-order valence-electron chi connectivity index (χ3n) is 2.21. The van der Waals surface area contributed by atoms with Crippen LogP contribution < -0.4 is 0 Å². The second-order valence-corrected chi connectivity index (χ2v) is 3.51. The predicted octanol–water partition coefficient (Wildman–Crippen LogP) is 4.57. The van der Waals surface area contributed by atoms with Gasteiger partial charge in [-0.2, -0.15) is 0 Å². The van der Waals surface area contributed by atoms with Crippen LogP contribution in [0.5, 0.6) is 0 Å². The number of rotatable bonds is 0. The van der Waals surface area contributed by atoms with E-state index in [9.17, 15) is 0 Å². The lowest BCUT2D eigenvalue weighted by Crippen LogP contribution is -1.69. The first kappa shape index (κ1) is 11.0. The van der Waals surface area contributed by atoms with Crippen LogP contribution in [0.15, 0.2) is 48.6 Å². The van der Waals surface area contributed by atoms with Crippen molar-refractivity contribution in [3.63, 3.8) is 0 Å². The third-order valence-corrected chi connectivity index (χ3v) is 2.21. The van der Waals surface area contributed by atoms with Gasteiger partial charge in [0.1, 0.15) is 0 Å². The number of allylic oxidation sites excluding steroid dienone is 8. The van der Waals surface area contributed by atoms with Crippen LogP contribution in [0.2, 0.25) is 0 Å². The van der Waals surface area contributed by atoms with Gasteiger partial charge in [0.2, 0.25) is 0 Å². The zero-order valence-corrected chi connectivity index (χ0v) is 8.86. The highest BCUT2D eigenvalue weighted by Crippen LogP contribution is 2.00. The standard InChI is InChI=1S/C14H20/c1-2-4-6-8-10-12-14-13-11-9-7-5-3-1/h1-2,5,7-8,10,13-14H,3-4,6,9,11-12H2/b2-1-,7-5+,10-8?,14-13-. The minimum absolute atomic E-state index is 1.09. The molecule has 14 heavy (non-hydrogen) atoms. The van der Waals surface area contributed by atoms with Crippen LogP contribution >= 0.6 is 0 Å². The van der Waals surface area contributed by atoms with E-state index < -0.39 is 0 Å². The normalized spacial score (nSPS) is 26.3. The number of hydrogen-bond acceptors (Lipinski definition) is 0. The van der Waals surface area contributed by atoms with Gasteiger partial charge in [-0.1, -0.05) is 48.6 Å². The Kier molecular flexibility index (Phi) is 6.74. The minimum Gasteiger partial charge on any atom is -0.0879 e. The summed E-state index contributed by atoms with van der Waals surface area (Å²) in [6, 6.07) is 0. The van der Waals surface area contributed by atoms with Gasteiger partial charge in [-0.25, -0.2) is 0 Å². The maximum absolute atomic E-state index is 2.27. The Bertz CT molecular complexity index is 178. The van der Waals surface area contributed by atoms with E-state index in [-0.39, 0.29) is 0 Å². The van der Waals surface area contributed by atoms with Crippen LogP contribution in [0.4, 0.5) is 0 Å². The Labute approximate surface area is 87.7 Å². The van der Waals surface area contributed by atoms with Crippen molar-refractivity contribution in [2.45, 2.75) is 38.5 Å². The Balaban J connectivity index is 2.33. The van der Waals surface area contributed by atoms with Crippen molar-refractivity contribution in [3.8, 4) is 0 Å². The van der Waals surface area contributed by atoms with E-state index in [0.29, 0.717) is 0 Å². The summed E-state index contributed by atoms with van der Waals surface area (Å²) in [5.74, 6) is 0. The summed E-state index contributed by atoms with van der Waals surface area (Å²) in [6.45, 7) is 0. The Morgan fingerprint density at radius 1 is 0.357 bits per heavy atom. The van der Waals surface area contributed by atoms with Crippen LogP contribution in [-0.2, 0) is 0 Å². The molecule has 0 saturated heterocycles. The second-order valence-electron chi connectivity index (χ2n) is 3.51. The zero-order valence-electron chi connectivity index (χ0n) is 8.86. The maximum Gasteiger partial charge on any atom is -0.0169 e. The van der Waals surface area contributed by atoms with E-state index in [1.165, 1.54) is 25.7 Å². The van der Waals surface area contributed by atoms with E-state index in [1.54, 1.807) is 0 Å². The lowest BCUT2D eigenvalue weighted by atomic mass is 10.2. The number of hydrogen-bond donors (Lipinski definition) is 0. The molecule has 0 N–H and O–H groups in total. The Hall–Kier alpha value is -1.04. The van der Waals surface area contributed by atoms with Gasteiger partial charge in [-0.15, -0.1) is 0 Å². The SMILES string of the molecule is C1=CCC/C=C\C/C=C/CC/C=C\C1. The van der Waals surface area contributed by atoms with Gasteiger partial charge in [0.05, 0.1) is 0 Å². The fraction of sp³-hybridized carbons (Fsp3) is 0.429. The van der Waals surface area contributed by atoms with Gasteiger partial charge in [0.15, 0.2) is 0 Å². The molecule has 0 amide bonds. The van der Waals surface area contributed by atoms with Crippen molar-refractivity contribution < 1.29 is 0 Å². The topological polar surface area (TPSA) is 0 Å². The summed E-state index contributed by atoms with van der Waals surface area (Å²) in [4.78, 5) is 0. The summed E-state index contributed by atoms with van der Waals surface area (Å²) >= 11 is 0. The van der Waals surface area contributed by atoms with Crippen molar-refractivity contribution in [2.75, 3.05) is 0 Å². The van der Waals surface area contributed by atoms with Crippen LogP contribution in [-0.4, -0.2) is 0 Å². The summed E-state index contributed by atoms with van der Waals surface area (Å²) < 4.78 is 0. The van der Waals surface area contributed by atoms with Crippen molar-refractivity contribution >= 4 is 0 Å². The van der Waals surface area contributed by atoms with Gasteiger partial charge in [0, 0.05) is 0 Å².